The average Bonchev–Trinajstić information content (AvgIpc) is 2.43. The van der Waals surface area contributed by atoms with Gasteiger partial charge in [0.2, 0.25) is 0 Å². The summed E-state index contributed by atoms with van der Waals surface area (Å²) in [5, 5.41) is 10.9. The van der Waals surface area contributed by atoms with Gasteiger partial charge in [0.05, 0.1) is 16.7 Å². The standard InChI is InChI=1S/C12H17FN4O3/c1-3-4-5-16(2)12(18)8-6-10(15-14)9(13)7-11(8)17(19)20/h6-7,15H,3-5,14H2,1-2H3. The number of nitro benzene ring substituents is 1. The highest BCUT2D eigenvalue weighted by atomic mass is 19.1. The lowest BCUT2D eigenvalue weighted by molar-refractivity contribution is -0.385. The number of carbonyl (C=O) groups excluding carboxylic acids is 1. The van der Waals surface area contributed by atoms with Crippen molar-refractivity contribution in [2.45, 2.75) is 19.8 Å². The fourth-order valence-corrected chi connectivity index (χ4v) is 1.70. The molecule has 0 spiro atoms. The van der Waals surface area contributed by atoms with Crippen LogP contribution in [0.15, 0.2) is 12.1 Å². The molecule has 0 radical (unpaired) electrons. The zero-order chi connectivity index (χ0) is 15.3. The van der Waals surface area contributed by atoms with E-state index in [2.05, 4.69) is 5.43 Å². The van der Waals surface area contributed by atoms with Crippen molar-refractivity contribution in [2.24, 2.45) is 5.84 Å². The third kappa shape index (κ3) is 3.41. The molecule has 1 aromatic rings. The minimum absolute atomic E-state index is 0.164. The summed E-state index contributed by atoms with van der Waals surface area (Å²) in [6, 6.07) is 1.74. The summed E-state index contributed by atoms with van der Waals surface area (Å²) in [5.41, 5.74) is 1.14. The van der Waals surface area contributed by atoms with Crippen molar-refractivity contribution in [3.63, 3.8) is 0 Å². The number of rotatable bonds is 6. The molecule has 0 saturated carbocycles. The lowest BCUT2D eigenvalue weighted by Gasteiger charge is -2.17. The first-order valence-electron chi connectivity index (χ1n) is 6.12. The molecule has 0 aliphatic heterocycles. The van der Waals surface area contributed by atoms with Crippen LogP contribution in [0.5, 0.6) is 0 Å². The second-order valence-corrected chi connectivity index (χ2v) is 4.33. The van der Waals surface area contributed by atoms with Gasteiger partial charge in [-0.3, -0.25) is 20.8 Å². The molecule has 0 unspecified atom stereocenters. The Morgan fingerprint density at radius 3 is 2.70 bits per heavy atom. The van der Waals surface area contributed by atoms with Gasteiger partial charge in [0, 0.05) is 13.6 Å². The van der Waals surface area contributed by atoms with E-state index in [1.165, 1.54) is 4.90 Å². The number of halogens is 1. The molecule has 0 fully saturated rings. The summed E-state index contributed by atoms with van der Waals surface area (Å²) >= 11 is 0. The Kier molecular flexibility index (Phi) is 5.39. The molecule has 8 heteroatoms. The maximum Gasteiger partial charge on any atom is 0.285 e. The molecule has 0 bridgehead atoms. The van der Waals surface area contributed by atoms with Gasteiger partial charge in [-0.1, -0.05) is 13.3 Å². The second-order valence-electron chi connectivity index (χ2n) is 4.33. The van der Waals surface area contributed by atoms with Gasteiger partial charge < -0.3 is 10.3 Å². The topological polar surface area (TPSA) is 102 Å². The summed E-state index contributed by atoms with van der Waals surface area (Å²) < 4.78 is 13.5. The van der Waals surface area contributed by atoms with Crippen molar-refractivity contribution in [3.05, 3.63) is 33.6 Å². The van der Waals surface area contributed by atoms with Gasteiger partial charge in [-0.05, 0) is 12.5 Å². The Morgan fingerprint density at radius 2 is 2.20 bits per heavy atom. The molecule has 3 N–H and O–H groups in total. The van der Waals surface area contributed by atoms with Crippen molar-refractivity contribution in [1.29, 1.82) is 0 Å². The third-order valence-electron chi connectivity index (χ3n) is 2.86. The molecule has 1 rings (SSSR count). The molecular formula is C12H17FN4O3. The Labute approximate surface area is 115 Å². The van der Waals surface area contributed by atoms with Crippen LogP contribution in [-0.2, 0) is 0 Å². The van der Waals surface area contributed by atoms with Gasteiger partial charge in [-0.25, -0.2) is 4.39 Å². The number of unbranched alkanes of at least 4 members (excludes halogenated alkanes) is 1. The van der Waals surface area contributed by atoms with E-state index in [9.17, 15) is 19.3 Å². The maximum absolute atomic E-state index is 13.5. The molecule has 1 amide bonds. The molecule has 1 aromatic carbocycles. The van der Waals surface area contributed by atoms with E-state index in [0.717, 1.165) is 18.9 Å². The van der Waals surface area contributed by atoms with Crippen LogP contribution in [0, 0.1) is 15.9 Å². The first-order valence-corrected chi connectivity index (χ1v) is 6.12. The minimum Gasteiger partial charge on any atom is -0.341 e. The highest BCUT2D eigenvalue weighted by Crippen LogP contribution is 2.26. The molecular weight excluding hydrogens is 267 g/mol. The third-order valence-corrected chi connectivity index (χ3v) is 2.86. The van der Waals surface area contributed by atoms with Crippen LogP contribution >= 0.6 is 0 Å². The van der Waals surface area contributed by atoms with Gasteiger partial charge in [0.15, 0.2) is 5.82 Å². The van der Waals surface area contributed by atoms with E-state index in [1.807, 2.05) is 6.92 Å². The van der Waals surface area contributed by atoms with Crippen molar-refractivity contribution < 1.29 is 14.1 Å². The monoisotopic (exact) mass is 284 g/mol. The Balaban J connectivity index is 3.20. The van der Waals surface area contributed by atoms with E-state index in [1.54, 1.807) is 7.05 Å². The van der Waals surface area contributed by atoms with E-state index in [0.29, 0.717) is 12.6 Å². The van der Waals surface area contributed by atoms with Crippen molar-refractivity contribution in [1.82, 2.24) is 4.90 Å². The summed E-state index contributed by atoms with van der Waals surface area (Å²) in [7, 11) is 1.54. The van der Waals surface area contributed by atoms with Crippen molar-refractivity contribution >= 4 is 17.3 Å². The Bertz CT molecular complexity index is 522. The van der Waals surface area contributed by atoms with Gasteiger partial charge in [-0.15, -0.1) is 0 Å². The molecule has 0 aliphatic rings. The quantitative estimate of drug-likeness (QED) is 0.472. The molecule has 110 valence electrons. The number of hydrogen-bond acceptors (Lipinski definition) is 5. The molecule has 0 atom stereocenters. The number of carbonyl (C=O) groups is 1. The SMILES string of the molecule is CCCCN(C)C(=O)c1cc(NN)c(F)cc1[N+](=O)[O-]. The molecule has 7 nitrogen and oxygen atoms in total. The van der Waals surface area contributed by atoms with Crippen LogP contribution in [-0.4, -0.2) is 29.3 Å². The van der Waals surface area contributed by atoms with Crippen molar-refractivity contribution in [2.75, 3.05) is 19.0 Å². The molecule has 0 saturated heterocycles. The number of hydrogen-bond donors (Lipinski definition) is 2. The Morgan fingerprint density at radius 1 is 1.55 bits per heavy atom. The highest BCUT2D eigenvalue weighted by Gasteiger charge is 2.25. The van der Waals surface area contributed by atoms with Gasteiger partial charge in [0.1, 0.15) is 5.56 Å². The first kappa shape index (κ1) is 15.8. The number of nitrogens with two attached hydrogens (primary N) is 1. The predicted octanol–water partition coefficient (Wildman–Crippen LogP) is 1.89. The van der Waals surface area contributed by atoms with E-state index >= 15 is 0 Å². The van der Waals surface area contributed by atoms with E-state index < -0.39 is 22.3 Å². The number of nitrogens with one attached hydrogen (secondary N) is 1. The first-order chi connectivity index (χ1) is 9.42. The zero-order valence-electron chi connectivity index (χ0n) is 11.4. The second kappa shape index (κ2) is 6.80. The molecule has 0 aliphatic carbocycles. The normalized spacial score (nSPS) is 10.2. The van der Waals surface area contributed by atoms with Gasteiger partial charge in [-0.2, -0.15) is 0 Å². The van der Waals surface area contributed by atoms with Crippen LogP contribution in [0.1, 0.15) is 30.1 Å². The number of nitro groups is 1. The van der Waals surface area contributed by atoms with Gasteiger partial charge >= 0.3 is 0 Å². The molecule has 0 heterocycles. The predicted molar refractivity (Wildman–Crippen MR) is 72.7 cm³/mol. The number of anilines is 1. The summed E-state index contributed by atoms with van der Waals surface area (Å²) in [5.74, 6) is 3.69. The lowest BCUT2D eigenvalue weighted by Crippen LogP contribution is -2.28. The van der Waals surface area contributed by atoms with Crippen LogP contribution in [0.2, 0.25) is 0 Å². The number of amides is 1. The Hall–Kier alpha value is -2.22. The van der Waals surface area contributed by atoms with E-state index in [4.69, 9.17) is 5.84 Å². The number of hydrazine groups is 1. The van der Waals surface area contributed by atoms with Crippen LogP contribution in [0.4, 0.5) is 15.8 Å². The molecule has 0 aromatic heterocycles. The fraction of sp³-hybridized carbons (Fsp3) is 0.417. The number of nitrogens with zero attached hydrogens (tertiary/aromatic N) is 2. The zero-order valence-corrected chi connectivity index (χ0v) is 11.4. The van der Waals surface area contributed by atoms with Gasteiger partial charge in [0.25, 0.3) is 11.6 Å². The number of nitrogen functional groups attached to an aromatic ring is 1. The van der Waals surface area contributed by atoms with Crippen LogP contribution in [0.3, 0.4) is 0 Å². The summed E-state index contributed by atoms with van der Waals surface area (Å²) in [6.07, 6.45) is 1.66. The minimum atomic E-state index is -0.882. The maximum atomic E-state index is 13.5. The smallest absolute Gasteiger partial charge is 0.285 e. The van der Waals surface area contributed by atoms with Crippen molar-refractivity contribution in [3.8, 4) is 0 Å². The average molecular weight is 284 g/mol. The summed E-state index contributed by atoms with van der Waals surface area (Å²) in [4.78, 5) is 23.7. The van der Waals surface area contributed by atoms with Crippen LogP contribution < -0.4 is 11.3 Å². The van der Waals surface area contributed by atoms with Crippen LogP contribution in [0.25, 0.3) is 0 Å². The molecule has 20 heavy (non-hydrogen) atoms. The number of benzene rings is 1. The van der Waals surface area contributed by atoms with E-state index in [-0.39, 0.29) is 11.3 Å². The lowest BCUT2D eigenvalue weighted by atomic mass is 10.1. The summed E-state index contributed by atoms with van der Waals surface area (Å²) in [6.45, 7) is 2.43. The highest BCUT2D eigenvalue weighted by molar-refractivity contribution is 5.99. The largest absolute Gasteiger partial charge is 0.341 e. The fourth-order valence-electron chi connectivity index (χ4n) is 1.70.